The van der Waals surface area contributed by atoms with E-state index in [0.29, 0.717) is 6.04 Å². The highest BCUT2D eigenvalue weighted by Gasteiger charge is 2.24. The molecule has 1 heterocycles. The van der Waals surface area contributed by atoms with Crippen molar-refractivity contribution in [2.24, 2.45) is 5.92 Å². The fourth-order valence-corrected chi connectivity index (χ4v) is 2.55. The third kappa shape index (κ3) is 4.98. The van der Waals surface area contributed by atoms with Gasteiger partial charge in [-0.05, 0) is 58.0 Å². The van der Waals surface area contributed by atoms with Gasteiger partial charge in [-0.1, -0.05) is 13.8 Å². The van der Waals surface area contributed by atoms with Crippen LogP contribution in [-0.2, 0) is 0 Å². The maximum Gasteiger partial charge on any atom is 0.0527 e. The second-order valence-corrected chi connectivity index (χ2v) is 5.45. The lowest BCUT2D eigenvalue weighted by atomic mass is 10.1. The molecule has 0 aliphatic carbocycles. The highest BCUT2D eigenvalue weighted by molar-refractivity contribution is 4.80. The topological polar surface area (TPSA) is 23.5 Å². The zero-order valence-electron chi connectivity index (χ0n) is 10.6. The molecule has 1 aliphatic rings. The largest absolute Gasteiger partial charge is 0.393 e. The third-order valence-electron chi connectivity index (χ3n) is 3.34. The van der Waals surface area contributed by atoms with Crippen molar-refractivity contribution in [3.05, 3.63) is 0 Å². The summed E-state index contributed by atoms with van der Waals surface area (Å²) >= 11 is 0. The molecule has 2 unspecified atom stereocenters. The van der Waals surface area contributed by atoms with Crippen LogP contribution in [0.1, 0.15) is 52.9 Å². The number of aliphatic hydroxyl groups excluding tert-OH is 1. The predicted molar refractivity (Wildman–Crippen MR) is 65.0 cm³/mol. The summed E-state index contributed by atoms with van der Waals surface area (Å²) in [6, 6.07) is 0.650. The SMILES string of the molecule is CC(C)CCCN1CCCC1CC(C)O. The van der Waals surface area contributed by atoms with Gasteiger partial charge < -0.3 is 10.0 Å². The van der Waals surface area contributed by atoms with E-state index in [1.54, 1.807) is 0 Å². The first kappa shape index (κ1) is 13.0. The second-order valence-electron chi connectivity index (χ2n) is 5.45. The Hall–Kier alpha value is -0.0800. The number of hydrogen-bond donors (Lipinski definition) is 1. The summed E-state index contributed by atoms with van der Waals surface area (Å²) in [6.45, 7) is 8.96. The molecule has 2 nitrogen and oxygen atoms in total. The number of likely N-dealkylation sites (tertiary alicyclic amines) is 1. The third-order valence-corrected chi connectivity index (χ3v) is 3.34. The molecule has 1 saturated heterocycles. The van der Waals surface area contributed by atoms with E-state index in [0.717, 1.165) is 12.3 Å². The molecule has 90 valence electrons. The van der Waals surface area contributed by atoms with Crippen molar-refractivity contribution < 1.29 is 5.11 Å². The molecule has 1 fully saturated rings. The van der Waals surface area contributed by atoms with Crippen molar-refractivity contribution in [3.8, 4) is 0 Å². The first-order chi connectivity index (χ1) is 7.09. The Balaban J connectivity index is 2.21. The van der Waals surface area contributed by atoms with Crippen molar-refractivity contribution in [1.29, 1.82) is 0 Å². The smallest absolute Gasteiger partial charge is 0.0527 e. The highest BCUT2D eigenvalue weighted by Crippen LogP contribution is 2.22. The average molecular weight is 213 g/mol. The maximum atomic E-state index is 9.42. The molecule has 2 atom stereocenters. The summed E-state index contributed by atoms with van der Waals surface area (Å²) < 4.78 is 0. The minimum absolute atomic E-state index is 0.138. The van der Waals surface area contributed by atoms with Crippen LogP contribution in [0.4, 0.5) is 0 Å². The zero-order chi connectivity index (χ0) is 11.3. The van der Waals surface area contributed by atoms with E-state index in [-0.39, 0.29) is 6.10 Å². The van der Waals surface area contributed by atoms with E-state index in [9.17, 15) is 5.11 Å². The molecule has 1 aliphatic heterocycles. The normalized spacial score (nSPS) is 25.0. The zero-order valence-corrected chi connectivity index (χ0v) is 10.6. The monoisotopic (exact) mass is 213 g/mol. The summed E-state index contributed by atoms with van der Waals surface area (Å²) in [5, 5.41) is 9.42. The average Bonchev–Trinajstić information content (AvgIpc) is 2.51. The summed E-state index contributed by atoms with van der Waals surface area (Å²) in [7, 11) is 0. The Bertz CT molecular complexity index is 168. The molecule has 0 aromatic carbocycles. The van der Waals surface area contributed by atoms with Gasteiger partial charge in [0.2, 0.25) is 0 Å². The van der Waals surface area contributed by atoms with Gasteiger partial charge in [-0.25, -0.2) is 0 Å². The van der Waals surface area contributed by atoms with Crippen LogP contribution in [0, 0.1) is 5.92 Å². The van der Waals surface area contributed by atoms with Crippen molar-refractivity contribution >= 4 is 0 Å². The van der Waals surface area contributed by atoms with E-state index in [1.165, 1.54) is 38.8 Å². The fraction of sp³-hybridized carbons (Fsp3) is 1.00. The van der Waals surface area contributed by atoms with E-state index < -0.39 is 0 Å². The van der Waals surface area contributed by atoms with Gasteiger partial charge in [0, 0.05) is 6.04 Å². The lowest BCUT2D eigenvalue weighted by Gasteiger charge is -2.25. The van der Waals surface area contributed by atoms with E-state index in [2.05, 4.69) is 18.7 Å². The first-order valence-corrected chi connectivity index (χ1v) is 6.51. The van der Waals surface area contributed by atoms with Gasteiger partial charge in [-0.2, -0.15) is 0 Å². The molecule has 1 N–H and O–H groups in total. The van der Waals surface area contributed by atoms with Crippen LogP contribution in [0.25, 0.3) is 0 Å². The van der Waals surface area contributed by atoms with E-state index in [1.807, 2.05) is 6.92 Å². The number of nitrogens with zero attached hydrogens (tertiary/aromatic N) is 1. The molecule has 0 saturated carbocycles. The molecule has 15 heavy (non-hydrogen) atoms. The molecule has 0 bridgehead atoms. The van der Waals surface area contributed by atoms with Gasteiger partial charge in [0.15, 0.2) is 0 Å². The van der Waals surface area contributed by atoms with Gasteiger partial charge in [-0.3, -0.25) is 0 Å². The van der Waals surface area contributed by atoms with E-state index >= 15 is 0 Å². The Morgan fingerprint density at radius 2 is 2.07 bits per heavy atom. The standard InChI is InChI=1S/C13H27NO/c1-11(2)6-4-8-14-9-5-7-13(14)10-12(3)15/h11-13,15H,4-10H2,1-3H3. The highest BCUT2D eigenvalue weighted by atomic mass is 16.3. The Kier molecular flexibility index (Phi) is 5.62. The van der Waals surface area contributed by atoms with Crippen LogP contribution < -0.4 is 0 Å². The van der Waals surface area contributed by atoms with Crippen LogP contribution in [0.2, 0.25) is 0 Å². The number of rotatable bonds is 6. The lowest BCUT2D eigenvalue weighted by molar-refractivity contribution is 0.132. The Morgan fingerprint density at radius 1 is 1.33 bits per heavy atom. The van der Waals surface area contributed by atoms with Crippen molar-refractivity contribution in [2.45, 2.75) is 65.0 Å². The summed E-state index contributed by atoms with van der Waals surface area (Å²) in [4.78, 5) is 2.58. The molecule has 0 radical (unpaired) electrons. The minimum Gasteiger partial charge on any atom is -0.393 e. The summed E-state index contributed by atoms with van der Waals surface area (Å²) in [5.74, 6) is 0.822. The van der Waals surface area contributed by atoms with Crippen molar-refractivity contribution in [1.82, 2.24) is 4.90 Å². The molecule has 0 aromatic heterocycles. The molecule has 0 spiro atoms. The second kappa shape index (κ2) is 6.49. The van der Waals surface area contributed by atoms with Gasteiger partial charge in [0.25, 0.3) is 0 Å². The van der Waals surface area contributed by atoms with Crippen molar-refractivity contribution in [2.75, 3.05) is 13.1 Å². The minimum atomic E-state index is -0.138. The van der Waals surface area contributed by atoms with Gasteiger partial charge in [-0.15, -0.1) is 0 Å². The molecule has 1 rings (SSSR count). The predicted octanol–water partition coefficient (Wildman–Crippen LogP) is 2.66. The lowest BCUT2D eigenvalue weighted by Crippen LogP contribution is -2.32. The van der Waals surface area contributed by atoms with Crippen molar-refractivity contribution in [3.63, 3.8) is 0 Å². The molecule has 0 aromatic rings. The van der Waals surface area contributed by atoms with E-state index in [4.69, 9.17) is 0 Å². The first-order valence-electron chi connectivity index (χ1n) is 6.51. The maximum absolute atomic E-state index is 9.42. The summed E-state index contributed by atoms with van der Waals surface area (Å²) in [6.07, 6.45) is 6.07. The van der Waals surface area contributed by atoms with Gasteiger partial charge in [0.1, 0.15) is 0 Å². The Morgan fingerprint density at radius 3 is 2.67 bits per heavy atom. The van der Waals surface area contributed by atoms with Crippen LogP contribution >= 0.6 is 0 Å². The number of hydrogen-bond acceptors (Lipinski definition) is 2. The molecular weight excluding hydrogens is 186 g/mol. The van der Waals surface area contributed by atoms with Crippen LogP contribution in [-0.4, -0.2) is 35.2 Å². The van der Waals surface area contributed by atoms with Crippen LogP contribution in [0.3, 0.4) is 0 Å². The molecule has 2 heteroatoms. The van der Waals surface area contributed by atoms with Crippen LogP contribution in [0.5, 0.6) is 0 Å². The Labute approximate surface area is 94.7 Å². The number of aliphatic hydroxyl groups is 1. The fourth-order valence-electron chi connectivity index (χ4n) is 2.55. The summed E-state index contributed by atoms with van der Waals surface area (Å²) in [5.41, 5.74) is 0. The molecular formula is C13H27NO. The molecule has 0 amide bonds. The van der Waals surface area contributed by atoms with Gasteiger partial charge in [0.05, 0.1) is 6.10 Å². The van der Waals surface area contributed by atoms with Gasteiger partial charge >= 0.3 is 0 Å². The van der Waals surface area contributed by atoms with Crippen LogP contribution in [0.15, 0.2) is 0 Å². The quantitative estimate of drug-likeness (QED) is 0.733.